The van der Waals surface area contributed by atoms with Crippen molar-refractivity contribution in [1.29, 1.82) is 0 Å². The van der Waals surface area contributed by atoms with Crippen molar-refractivity contribution < 1.29 is 14.4 Å². The minimum absolute atomic E-state index is 0.0697. The van der Waals surface area contributed by atoms with Crippen LogP contribution in [0.3, 0.4) is 0 Å². The zero-order valence-electron chi connectivity index (χ0n) is 19.1. The lowest BCUT2D eigenvalue weighted by molar-refractivity contribution is -0.136. The summed E-state index contributed by atoms with van der Waals surface area (Å²) in [5.74, 6) is -0.687. The Morgan fingerprint density at radius 1 is 1.15 bits per heavy atom. The Kier molecular flexibility index (Phi) is 6.32. The largest absolute Gasteiger partial charge is 0.372 e. The Labute approximate surface area is 196 Å². The molecule has 2 aromatic rings. The fourth-order valence-corrected chi connectivity index (χ4v) is 4.80. The number of hydrogen-bond acceptors (Lipinski definition) is 8. The molecule has 0 spiro atoms. The summed E-state index contributed by atoms with van der Waals surface area (Å²) in [6, 6.07) is 7.08. The van der Waals surface area contributed by atoms with Crippen molar-refractivity contribution in [3.63, 3.8) is 0 Å². The first-order valence-electron chi connectivity index (χ1n) is 10.8. The monoisotopic (exact) mass is 469 g/mol. The number of carbonyl (C=O) groups excluding carboxylic acids is 3. The number of imide groups is 1. The van der Waals surface area contributed by atoms with Gasteiger partial charge in [-0.05, 0) is 26.0 Å². The normalized spacial score (nSPS) is 19.8. The highest BCUT2D eigenvalue weighted by Gasteiger charge is 2.48. The van der Waals surface area contributed by atoms with Crippen LogP contribution in [0.4, 0.5) is 15.6 Å². The molecular weight excluding hydrogens is 442 g/mol. The van der Waals surface area contributed by atoms with Crippen molar-refractivity contribution in [2.45, 2.75) is 26.1 Å². The lowest BCUT2D eigenvalue weighted by atomic mass is 10.1. The first kappa shape index (κ1) is 22.7. The maximum absolute atomic E-state index is 12.6. The molecule has 0 radical (unpaired) electrons. The highest BCUT2D eigenvalue weighted by molar-refractivity contribution is 7.14. The van der Waals surface area contributed by atoms with E-state index in [1.54, 1.807) is 11.9 Å². The van der Waals surface area contributed by atoms with Gasteiger partial charge in [0, 0.05) is 43.8 Å². The van der Waals surface area contributed by atoms with Crippen molar-refractivity contribution in [3.8, 4) is 11.3 Å². The predicted octanol–water partition coefficient (Wildman–Crippen LogP) is 2.16. The van der Waals surface area contributed by atoms with Gasteiger partial charge in [-0.15, -0.1) is 11.3 Å². The summed E-state index contributed by atoms with van der Waals surface area (Å²) >= 11 is 1.34. The van der Waals surface area contributed by atoms with E-state index in [2.05, 4.69) is 46.2 Å². The summed E-state index contributed by atoms with van der Waals surface area (Å²) in [7, 11) is 3.02. The number of carbonyl (C=O) groups is 3. The van der Waals surface area contributed by atoms with Crippen LogP contribution in [0.15, 0.2) is 34.6 Å². The molecule has 1 saturated heterocycles. The van der Waals surface area contributed by atoms with Gasteiger partial charge in [0.1, 0.15) is 0 Å². The quantitative estimate of drug-likeness (QED) is 0.667. The molecule has 0 bridgehead atoms. The van der Waals surface area contributed by atoms with Gasteiger partial charge in [0.05, 0.1) is 18.6 Å². The van der Waals surface area contributed by atoms with Gasteiger partial charge in [-0.1, -0.05) is 12.1 Å². The van der Waals surface area contributed by atoms with Crippen molar-refractivity contribution in [2.24, 2.45) is 4.99 Å². The van der Waals surface area contributed by atoms with Crippen molar-refractivity contribution in [2.75, 3.05) is 43.9 Å². The molecule has 1 fully saturated rings. The number of nitrogens with zero attached hydrogens (tertiary/aromatic N) is 6. The highest BCUT2D eigenvalue weighted by Crippen LogP contribution is 2.28. The van der Waals surface area contributed by atoms with Crippen LogP contribution in [-0.2, 0) is 9.59 Å². The summed E-state index contributed by atoms with van der Waals surface area (Å²) in [5, 5.41) is 5.18. The molecule has 10 nitrogen and oxygen atoms in total. The van der Waals surface area contributed by atoms with E-state index in [0.29, 0.717) is 5.13 Å². The summed E-state index contributed by atoms with van der Waals surface area (Å²) in [5.41, 5.74) is 2.92. The molecule has 1 aromatic carbocycles. The van der Waals surface area contributed by atoms with Crippen LogP contribution < -0.4 is 10.2 Å². The van der Waals surface area contributed by atoms with Gasteiger partial charge in [-0.25, -0.2) is 14.8 Å². The van der Waals surface area contributed by atoms with E-state index in [1.807, 2.05) is 17.5 Å². The third-order valence-corrected chi connectivity index (χ3v) is 6.70. The molecule has 0 aliphatic carbocycles. The summed E-state index contributed by atoms with van der Waals surface area (Å²) in [4.78, 5) is 52.4. The van der Waals surface area contributed by atoms with Crippen LogP contribution in [0.2, 0.25) is 0 Å². The Morgan fingerprint density at radius 2 is 1.85 bits per heavy atom. The first-order valence-corrected chi connectivity index (χ1v) is 11.7. The van der Waals surface area contributed by atoms with Gasteiger partial charge in [0.2, 0.25) is 5.91 Å². The molecule has 4 rings (SSSR count). The smallest absolute Gasteiger partial charge is 0.328 e. The molecule has 1 aromatic heterocycles. The number of likely N-dealkylation sites (N-methyl/N-ethyl adjacent to an activating group) is 2. The number of fused-ring (bicyclic) bond motifs is 1. The number of benzene rings is 1. The molecular formula is C22H27N7O3S. The van der Waals surface area contributed by atoms with Gasteiger partial charge in [0.15, 0.2) is 17.3 Å². The second-order valence-corrected chi connectivity index (χ2v) is 8.75. The Morgan fingerprint density at radius 3 is 2.52 bits per heavy atom. The average Bonchev–Trinajstić information content (AvgIpc) is 3.45. The number of anilines is 2. The second-order valence-electron chi connectivity index (χ2n) is 7.89. The molecule has 3 heterocycles. The molecule has 33 heavy (non-hydrogen) atoms. The Bertz CT molecular complexity index is 1080. The Hall–Kier alpha value is -3.47. The number of nitrogens with one attached hydrogen (secondary N) is 1. The fourth-order valence-electron chi connectivity index (χ4n) is 4.06. The number of aliphatic imine (C=N–C) groups is 1. The highest BCUT2D eigenvalue weighted by atomic mass is 32.1. The predicted molar refractivity (Wildman–Crippen MR) is 128 cm³/mol. The number of urea groups is 1. The molecule has 1 N–H and O–H groups in total. The number of amides is 4. The second kappa shape index (κ2) is 9.18. The minimum Gasteiger partial charge on any atom is -0.372 e. The number of hydrogen-bond donors (Lipinski definition) is 1. The van der Waals surface area contributed by atoms with Crippen LogP contribution in [0.1, 0.15) is 13.8 Å². The van der Waals surface area contributed by atoms with Gasteiger partial charge in [-0.3, -0.25) is 14.5 Å². The van der Waals surface area contributed by atoms with Gasteiger partial charge in [0.25, 0.3) is 5.91 Å². The van der Waals surface area contributed by atoms with Crippen molar-refractivity contribution >= 4 is 46.3 Å². The molecule has 174 valence electrons. The van der Waals surface area contributed by atoms with Crippen LogP contribution >= 0.6 is 11.3 Å². The van der Waals surface area contributed by atoms with E-state index in [4.69, 9.17) is 0 Å². The van der Waals surface area contributed by atoms with E-state index >= 15 is 0 Å². The summed E-state index contributed by atoms with van der Waals surface area (Å²) in [6.07, 6.45) is 0.834. The van der Waals surface area contributed by atoms with Gasteiger partial charge < -0.3 is 20.0 Å². The molecule has 2 atom stereocenters. The van der Waals surface area contributed by atoms with Crippen molar-refractivity contribution in [1.82, 2.24) is 19.7 Å². The Balaban J connectivity index is 1.39. The maximum Gasteiger partial charge on any atom is 0.328 e. The maximum atomic E-state index is 12.6. The minimum atomic E-state index is -0.709. The van der Waals surface area contributed by atoms with E-state index in [-0.39, 0.29) is 18.4 Å². The topological polar surface area (TPSA) is 101 Å². The first-order chi connectivity index (χ1) is 15.8. The average molecular weight is 470 g/mol. The number of thiazole rings is 1. The lowest BCUT2D eigenvalue weighted by Crippen LogP contribution is -2.64. The third kappa shape index (κ3) is 4.28. The molecule has 2 unspecified atom stereocenters. The van der Waals surface area contributed by atoms with Crippen molar-refractivity contribution in [3.05, 3.63) is 29.6 Å². The van der Waals surface area contributed by atoms with Crippen LogP contribution in [0.25, 0.3) is 11.3 Å². The van der Waals surface area contributed by atoms with Gasteiger partial charge >= 0.3 is 6.03 Å². The zero-order valence-corrected chi connectivity index (χ0v) is 19.9. The van der Waals surface area contributed by atoms with Crippen LogP contribution in [0, 0.1) is 0 Å². The molecule has 2 aliphatic rings. The summed E-state index contributed by atoms with van der Waals surface area (Å²) < 4.78 is 0. The molecule has 4 amide bonds. The number of rotatable bonds is 7. The fraction of sp³-hybridized carbons (Fsp3) is 0.409. The van der Waals surface area contributed by atoms with E-state index in [1.165, 1.54) is 29.6 Å². The van der Waals surface area contributed by atoms with Gasteiger partial charge in [-0.2, -0.15) is 0 Å². The van der Waals surface area contributed by atoms with Crippen LogP contribution in [-0.4, -0.2) is 89.8 Å². The van der Waals surface area contributed by atoms with E-state index in [0.717, 1.165) is 34.9 Å². The van der Waals surface area contributed by atoms with E-state index in [9.17, 15) is 14.4 Å². The molecule has 0 saturated carbocycles. The molecule has 2 aliphatic heterocycles. The number of aromatic nitrogens is 1. The molecule has 11 heteroatoms. The standard InChI is InChI=1S/C22H27N7O3S/c1-5-28(6-2)15-9-7-14(8-10-15)16-12-33-21(24-16)25-17(30)11-29-13-23-19-18(29)20(31)27(4)22(32)26(19)3/h7-10,12-13,18-19H,5-6,11H2,1-4H3,(H,24,25,30). The lowest BCUT2D eigenvalue weighted by Gasteiger charge is -2.39. The SMILES string of the molecule is CCN(CC)c1ccc(-c2csc(NC(=O)CN3C=NC4C3C(=O)N(C)C(=O)N4C)n2)cc1. The summed E-state index contributed by atoms with van der Waals surface area (Å²) in [6.45, 7) is 6.07. The van der Waals surface area contributed by atoms with E-state index < -0.39 is 18.2 Å². The zero-order chi connectivity index (χ0) is 23.7. The third-order valence-electron chi connectivity index (χ3n) is 5.94. The van der Waals surface area contributed by atoms with Crippen LogP contribution in [0.5, 0.6) is 0 Å².